The van der Waals surface area contributed by atoms with Crippen molar-refractivity contribution < 1.29 is 0 Å². The zero-order valence-electron chi connectivity index (χ0n) is 10.1. The Labute approximate surface area is 101 Å². The Kier molecular flexibility index (Phi) is 2.69. The van der Waals surface area contributed by atoms with Crippen molar-refractivity contribution in [3.63, 3.8) is 0 Å². The normalized spacial score (nSPS) is 14.6. The summed E-state index contributed by atoms with van der Waals surface area (Å²) < 4.78 is 2.08. The molecule has 1 aromatic carbocycles. The summed E-state index contributed by atoms with van der Waals surface area (Å²) in [6.45, 7) is 4.17. The Balaban J connectivity index is 2.00. The molecule has 17 heavy (non-hydrogen) atoms. The van der Waals surface area contributed by atoms with Crippen LogP contribution in [0.5, 0.6) is 0 Å². The van der Waals surface area contributed by atoms with Crippen molar-refractivity contribution in [1.29, 1.82) is 0 Å². The van der Waals surface area contributed by atoms with Gasteiger partial charge < -0.3 is 5.32 Å². The largest absolute Gasteiger partial charge is 0.312 e. The summed E-state index contributed by atoms with van der Waals surface area (Å²) in [7, 11) is 0. The van der Waals surface area contributed by atoms with Gasteiger partial charge in [0.25, 0.3) is 0 Å². The van der Waals surface area contributed by atoms with Gasteiger partial charge in [0.1, 0.15) is 0 Å². The molecule has 0 unspecified atom stereocenters. The number of rotatable bonds is 2. The fourth-order valence-corrected chi connectivity index (χ4v) is 2.35. The Morgan fingerprint density at radius 2 is 2.12 bits per heavy atom. The second kappa shape index (κ2) is 4.34. The average molecular weight is 227 g/mol. The molecule has 2 aromatic rings. The third-order valence-electron chi connectivity index (χ3n) is 3.40. The number of fused-ring (bicyclic) bond motifs is 1. The van der Waals surface area contributed by atoms with E-state index in [-0.39, 0.29) is 0 Å². The van der Waals surface area contributed by atoms with Gasteiger partial charge in [0.05, 0.1) is 11.9 Å². The van der Waals surface area contributed by atoms with Crippen LogP contribution >= 0.6 is 0 Å². The molecule has 1 N–H and O–H groups in total. The van der Waals surface area contributed by atoms with Gasteiger partial charge in [0, 0.05) is 30.8 Å². The summed E-state index contributed by atoms with van der Waals surface area (Å²) in [5, 5.41) is 7.87. The molecule has 0 saturated carbocycles. The third-order valence-corrected chi connectivity index (χ3v) is 3.40. The first kappa shape index (κ1) is 10.5. The van der Waals surface area contributed by atoms with E-state index in [0.29, 0.717) is 0 Å². The highest BCUT2D eigenvalue weighted by Crippen LogP contribution is 2.18. The van der Waals surface area contributed by atoms with Gasteiger partial charge in [0.15, 0.2) is 0 Å². The second-order valence-electron chi connectivity index (χ2n) is 4.48. The topological polar surface area (TPSA) is 29.9 Å². The molecule has 0 aliphatic carbocycles. The first-order chi connectivity index (χ1) is 8.38. The lowest BCUT2D eigenvalue weighted by Gasteiger charge is -2.15. The van der Waals surface area contributed by atoms with Crippen molar-refractivity contribution in [2.24, 2.45) is 0 Å². The van der Waals surface area contributed by atoms with Gasteiger partial charge in [-0.25, -0.2) is 4.68 Å². The molecule has 2 heterocycles. The minimum atomic E-state index is 0.947. The van der Waals surface area contributed by atoms with Crippen LogP contribution in [-0.4, -0.2) is 16.3 Å². The molecule has 0 bridgehead atoms. The predicted molar refractivity (Wildman–Crippen MR) is 68.4 cm³/mol. The van der Waals surface area contributed by atoms with Gasteiger partial charge in [-0.2, -0.15) is 5.10 Å². The van der Waals surface area contributed by atoms with E-state index < -0.39 is 0 Å². The molecule has 1 aromatic heterocycles. The minimum Gasteiger partial charge on any atom is -0.312 e. The lowest BCUT2D eigenvalue weighted by atomic mass is 10.1. The highest BCUT2D eigenvalue weighted by Gasteiger charge is 2.15. The smallest absolute Gasteiger partial charge is 0.0649 e. The molecule has 0 spiro atoms. The SMILES string of the molecule is CCc1ccc(-n2ncc3c2CCNC3)cc1. The summed E-state index contributed by atoms with van der Waals surface area (Å²) in [5.41, 5.74) is 5.23. The predicted octanol–water partition coefficient (Wildman–Crippen LogP) is 2.08. The quantitative estimate of drug-likeness (QED) is 0.851. The summed E-state index contributed by atoms with van der Waals surface area (Å²) in [6, 6.07) is 8.69. The van der Waals surface area contributed by atoms with Crippen LogP contribution < -0.4 is 5.32 Å². The maximum atomic E-state index is 4.50. The molecule has 0 saturated heterocycles. The van der Waals surface area contributed by atoms with Crippen LogP contribution in [0.2, 0.25) is 0 Å². The van der Waals surface area contributed by atoms with E-state index in [1.807, 2.05) is 6.20 Å². The second-order valence-corrected chi connectivity index (χ2v) is 4.48. The highest BCUT2D eigenvalue weighted by atomic mass is 15.3. The number of aryl methyl sites for hydroxylation is 1. The summed E-state index contributed by atoms with van der Waals surface area (Å²) in [6.07, 6.45) is 4.13. The van der Waals surface area contributed by atoms with Crippen LogP contribution in [0, 0.1) is 0 Å². The summed E-state index contributed by atoms with van der Waals surface area (Å²) >= 11 is 0. The maximum absolute atomic E-state index is 4.50. The van der Waals surface area contributed by atoms with Crippen LogP contribution in [0.15, 0.2) is 30.5 Å². The molecule has 0 amide bonds. The summed E-state index contributed by atoms with van der Waals surface area (Å²) in [4.78, 5) is 0. The highest BCUT2D eigenvalue weighted by molar-refractivity contribution is 5.38. The van der Waals surface area contributed by atoms with Gasteiger partial charge in [0.2, 0.25) is 0 Å². The molecule has 3 nitrogen and oxygen atoms in total. The van der Waals surface area contributed by atoms with E-state index in [1.165, 1.54) is 22.5 Å². The van der Waals surface area contributed by atoms with Gasteiger partial charge in [-0.05, 0) is 24.1 Å². The number of nitrogens with zero attached hydrogens (tertiary/aromatic N) is 2. The molecule has 3 heteroatoms. The standard InChI is InChI=1S/C14H17N3/c1-2-11-3-5-13(6-4-11)17-14-7-8-15-9-12(14)10-16-17/h3-6,10,15H,2,7-9H2,1H3. The Hall–Kier alpha value is -1.61. The van der Waals surface area contributed by atoms with E-state index in [0.717, 1.165) is 25.9 Å². The number of hydrogen-bond donors (Lipinski definition) is 1. The lowest BCUT2D eigenvalue weighted by Crippen LogP contribution is -2.24. The van der Waals surface area contributed by atoms with E-state index in [1.54, 1.807) is 0 Å². The van der Waals surface area contributed by atoms with Crippen LogP contribution in [0.4, 0.5) is 0 Å². The Morgan fingerprint density at radius 3 is 2.88 bits per heavy atom. The molecule has 0 radical (unpaired) electrons. The number of nitrogens with one attached hydrogen (secondary N) is 1. The molecule has 0 fully saturated rings. The average Bonchev–Trinajstić information content (AvgIpc) is 2.83. The van der Waals surface area contributed by atoms with Crippen molar-refractivity contribution in [2.45, 2.75) is 26.3 Å². The molecule has 1 aliphatic heterocycles. The first-order valence-electron chi connectivity index (χ1n) is 6.24. The van der Waals surface area contributed by atoms with Crippen molar-refractivity contribution in [3.05, 3.63) is 47.3 Å². The molecular formula is C14H17N3. The lowest BCUT2D eigenvalue weighted by molar-refractivity contribution is 0.623. The van der Waals surface area contributed by atoms with E-state index in [9.17, 15) is 0 Å². The maximum Gasteiger partial charge on any atom is 0.0649 e. The zero-order chi connectivity index (χ0) is 11.7. The molecule has 0 atom stereocenters. The number of hydrogen-bond acceptors (Lipinski definition) is 2. The molecule has 3 rings (SSSR count). The van der Waals surface area contributed by atoms with Crippen LogP contribution in [0.1, 0.15) is 23.7 Å². The summed E-state index contributed by atoms with van der Waals surface area (Å²) in [5.74, 6) is 0. The van der Waals surface area contributed by atoms with Crippen LogP contribution in [0.3, 0.4) is 0 Å². The van der Waals surface area contributed by atoms with Gasteiger partial charge >= 0.3 is 0 Å². The van der Waals surface area contributed by atoms with Crippen molar-refractivity contribution in [1.82, 2.24) is 15.1 Å². The first-order valence-corrected chi connectivity index (χ1v) is 6.24. The monoisotopic (exact) mass is 227 g/mol. The third kappa shape index (κ3) is 1.87. The molecule has 1 aliphatic rings. The van der Waals surface area contributed by atoms with Gasteiger partial charge in [-0.1, -0.05) is 19.1 Å². The van der Waals surface area contributed by atoms with Crippen molar-refractivity contribution >= 4 is 0 Å². The van der Waals surface area contributed by atoms with E-state index >= 15 is 0 Å². The van der Waals surface area contributed by atoms with E-state index in [4.69, 9.17) is 0 Å². The Morgan fingerprint density at radius 1 is 1.29 bits per heavy atom. The number of benzene rings is 1. The fraction of sp³-hybridized carbons (Fsp3) is 0.357. The minimum absolute atomic E-state index is 0.947. The van der Waals surface area contributed by atoms with Crippen LogP contribution in [-0.2, 0) is 19.4 Å². The molecule has 88 valence electrons. The Bertz CT molecular complexity index is 511. The number of aromatic nitrogens is 2. The van der Waals surface area contributed by atoms with Crippen LogP contribution in [0.25, 0.3) is 5.69 Å². The van der Waals surface area contributed by atoms with Crippen molar-refractivity contribution in [2.75, 3.05) is 6.54 Å². The van der Waals surface area contributed by atoms with Gasteiger partial charge in [-0.3, -0.25) is 0 Å². The van der Waals surface area contributed by atoms with E-state index in [2.05, 4.69) is 46.3 Å². The molecular weight excluding hydrogens is 210 g/mol. The fourth-order valence-electron chi connectivity index (χ4n) is 2.35. The van der Waals surface area contributed by atoms with Crippen molar-refractivity contribution in [3.8, 4) is 5.69 Å². The van der Waals surface area contributed by atoms with Gasteiger partial charge in [-0.15, -0.1) is 0 Å². The zero-order valence-corrected chi connectivity index (χ0v) is 10.1.